The molecule has 22 heavy (non-hydrogen) atoms. The maximum atomic E-state index is 11.9. The van der Waals surface area contributed by atoms with Gasteiger partial charge in [0.25, 0.3) is 0 Å². The topological polar surface area (TPSA) is 52.3 Å². The monoisotopic (exact) mass is 299 g/mol. The molecule has 0 unspecified atom stereocenters. The first-order valence-electron chi connectivity index (χ1n) is 7.85. The van der Waals surface area contributed by atoms with Gasteiger partial charge in [0.15, 0.2) is 0 Å². The molecule has 3 rings (SSSR count). The van der Waals surface area contributed by atoms with Crippen molar-refractivity contribution in [3.63, 3.8) is 0 Å². The number of aryl methyl sites for hydroxylation is 1. The molecule has 0 bridgehead atoms. The molecule has 0 atom stereocenters. The summed E-state index contributed by atoms with van der Waals surface area (Å²) in [6.45, 7) is 1.72. The Labute approximate surface area is 130 Å². The average Bonchev–Trinajstić information content (AvgIpc) is 2.97. The number of methoxy groups -OCH3 is 1. The first-order chi connectivity index (χ1) is 10.7. The lowest BCUT2D eigenvalue weighted by molar-refractivity contribution is 0.0599. The summed E-state index contributed by atoms with van der Waals surface area (Å²) in [5.41, 5.74) is 3.23. The van der Waals surface area contributed by atoms with E-state index in [1.165, 1.54) is 44.8 Å². The van der Waals surface area contributed by atoms with Crippen molar-refractivity contribution in [3.05, 3.63) is 41.2 Å². The van der Waals surface area contributed by atoms with Gasteiger partial charge in [-0.3, -0.25) is 0 Å². The van der Waals surface area contributed by atoms with Crippen LogP contribution in [0.1, 0.15) is 59.7 Å². The molecule has 1 fully saturated rings. The normalized spacial score (nSPS) is 15.7. The number of aromatic nitrogens is 1. The standard InChI is InChI=1S/C18H21NO3/c1-12-16(18(20)21-2)17(19-22-12)15-10-8-14(9-11-15)13-6-4-3-5-7-13/h8-11,13H,3-7H2,1-2H3. The highest BCUT2D eigenvalue weighted by atomic mass is 16.5. The number of rotatable bonds is 3. The second-order valence-electron chi connectivity index (χ2n) is 5.91. The van der Waals surface area contributed by atoms with Crippen LogP contribution in [-0.2, 0) is 4.74 Å². The van der Waals surface area contributed by atoms with Crippen molar-refractivity contribution >= 4 is 5.97 Å². The van der Waals surface area contributed by atoms with Crippen molar-refractivity contribution in [1.29, 1.82) is 0 Å². The van der Waals surface area contributed by atoms with Crippen LogP contribution in [0.4, 0.5) is 0 Å². The van der Waals surface area contributed by atoms with Crippen LogP contribution in [-0.4, -0.2) is 18.2 Å². The molecule has 0 amide bonds. The van der Waals surface area contributed by atoms with Crippen LogP contribution in [0.25, 0.3) is 11.3 Å². The van der Waals surface area contributed by atoms with E-state index in [0.717, 1.165) is 5.56 Å². The summed E-state index contributed by atoms with van der Waals surface area (Å²) < 4.78 is 9.99. The van der Waals surface area contributed by atoms with Gasteiger partial charge in [0.05, 0.1) is 7.11 Å². The fourth-order valence-corrected chi connectivity index (χ4v) is 3.26. The predicted molar refractivity (Wildman–Crippen MR) is 83.8 cm³/mol. The molecule has 4 heteroatoms. The summed E-state index contributed by atoms with van der Waals surface area (Å²) in [6, 6.07) is 8.34. The van der Waals surface area contributed by atoms with E-state index < -0.39 is 5.97 Å². The Morgan fingerprint density at radius 2 is 1.86 bits per heavy atom. The molecule has 1 saturated carbocycles. The lowest BCUT2D eigenvalue weighted by atomic mass is 9.84. The first kappa shape index (κ1) is 14.8. The van der Waals surface area contributed by atoms with Gasteiger partial charge in [-0.15, -0.1) is 0 Å². The van der Waals surface area contributed by atoms with Crippen molar-refractivity contribution in [2.45, 2.75) is 44.9 Å². The molecule has 0 radical (unpaired) electrons. The molecular formula is C18H21NO3. The van der Waals surface area contributed by atoms with E-state index in [1.54, 1.807) is 6.92 Å². The van der Waals surface area contributed by atoms with Crippen molar-refractivity contribution in [1.82, 2.24) is 5.16 Å². The van der Waals surface area contributed by atoms with Crippen LogP contribution in [0.3, 0.4) is 0 Å². The maximum absolute atomic E-state index is 11.9. The first-order valence-corrected chi connectivity index (χ1v) is 7.85. The average molecular weight is 299 g/mol. The zero-order chi connectivity index (χ0) is 15.5. The molecule has 1 aromatic carbocycles. The van der Waals surface area contributed by atoms with Gasteiger partial charge in [-0.2, -0.15) is 0 Å². The maximum Gasteiger partial charge on any atom is 0.343 e. The second kappa shape index (κ2) is 6.34. The van der Waals surface area contributed by atoms with Crippen LogP contribution < -0.4 is 0 Å². The van der Waals surface area contributed by atoms with Crippen molar-refractivity contribution < 1.29 is 14.1 Å². The Hall–Kier alpha value is -2.10. The molecule has 0 N–H and O–H groups in total. The van der Waals surface area contributed by atoms with E-state index in [-0.39, 0.29) is 0 Å². The molecule has 116 valence electrons. The van der Waals surface area contributed by atoms with Crippen LogP contribution in [0, 0.1) is 6.92 Å². The third-order valence-corrected chi connectivity index (χ3v) is 4.51. The SMILES string of the molecule is COC(=O)c1c(-c2ccc(C3CCCCC3)cc2)noc1C. The van der Waals surface area contributed by atoms with E-state index in [1.807, 2.05) is 12.1 Å². The fraction of sp³-hybridized carbons (Fsp3) is 0.444. The summed E-state index contributed by atoms with van der Waals surface area (Å²) in [5, 5.41) is 4.02. The lowest BCUT2D eigenvalue weighted by Crippen LogP contribution is -2.05. The molecule has 1 aliphatic carbocycles. The van der Waals surface area contributed by atoms with Gasteiger partial charge in [0, 0.05) is 5.56 Å². The quantitative estimate of drug-likeness (QED) is 0.784. The number of nitrogens with zero attached hydrogens (tertiary/aromatic N) is 1. The van der Waals surface area contributed by atoms with Gasteiger partial charge in [-0.1, -0.05) is 48.7 Å². The van der Waals surface area contributed by atoms with Crippen molar-refractivity contribution in [2.24, 2.45) is 0 Å². The highest BCUT2D eigenvalue weighted by molar-refractivity contribution is 5.96. The molecule has 0 spiro atoms. The number of carbonyl (C=O) groups is 1. The summed E-state index contributed by atoms with van der Waals surface area (Å²) in [4.78, 5) is 11.9. The predicted octanol–water partition coefficient (Wildman–Crippen LogP) is 4.48. The van der Waals surface area contributed by atoms with Gasteiger partial charge in [0.2, 0.25) is 0 Å². The van der Waals surface area contributed by atoms with Gasteiger partial charge in [-0.25, -0.2) is 4.79 Å². The highest BCUT2D eigenvalue weighted by Crippen LogP contribution is 2.34. The minimum Gasteiger partial charge on any atom is -0.465 e. The van der Waals surface area contributed by atoms with Gasteiger partial charge >= 0.3 is 5.97 Å². The number of esters is 1. The van der Waals surface area contributed by atoms with Gasteiger partial charge < -0.3 is 9.26 Å². The number of carbonyl (C=O) groups excluding carboxylic acids is 1. The highest BCUT2D eigenvalue weighted by Gasteiger charge is 2.22. The smallest absolute Gasteiger partial charge is 0.343 e. The zero-order valence-electron chi connectivity index (χ0n) is 13.1. The van der Waals surface area contributed by atoms with E-state index in [2.05, 4.69) is 17.3 Å². The van der Waals surface area contributed by atoms with Crippen LogP contribution in [0.15, 0.2) is 28.8 Å². The van der Waals surface area contributed by atoms with Crippen LogP contribution in [0.2, 0.25) is 0 Å². The Balaban J connectivity index is 1.88. The minimum atomic E-state index is -0.412. The number of hydrogen-bond donors (Lipinski definition) is 0. The summed E-state index contributed by atoms with van der Waals surface area (Å²) in [5.74, 6) is 0.741. The number of hydrogen-bond acceptors (Lipinski definition) is 4. The van der Waals surface area contributed by atoms with E-state index in [4.69, 9.17) is 9.26 Å². The Bertz CT molecular complexity index is 651. The fourth-order valence-electron chi connectivity index (χ4n) is 3.26. The van der Waals surface area contributed by atoms with Gasteiger partial charge in [-0.05, 0) is 31.2 Å². The van der Waals surface area contributed by atoms with Gasteiger partial charge in [0.1, 0.15) is 17.0 Å². The van der Waals surface area contributed by atoms with E-state index in [9.17, 15) is 4.79 Å². The molecule has 2 aromatic rings. The molecular weight excluding hydrogens is 278 g/mol. The second-order valence-corrected chi connectivity index (χ2v) is 5.91. The van der Waals surface area contributed by atoms with E-state index in [0.29, 0.717) is 22.9 Å². The largest absolute Gasteiger partial charge is 0.465 e. The molecule has 1 heterocycles. The Kier molecular flexibility index (Phi) is 4.27. The van der Waals surface area contributed by atoms with Crippen molar-refractivity contribution in [2.75, 3.05) is 7.11 Å². The third-order valence-electron chi connectivity index (χ3n) is 4.51. The third kappa shape index (κ3) is 2.78. The van der Waals surface area contributed by atoms with Crippen molar-refractivity contribution in [3.8, 4) is 11.3 Å². The van der Waals surface area contributed by atoms with Crippen LogP contribution in [0.5, 0.6) is 0 Å². The number of ether oxygens (including phenoxy) is 1. The van der Waals surface area contributed by atoms with E-state index >= 15 is 0 Å². The summed E-state index contributed by atoms with van der Waals surface area (Å²) >= 11 is 0. The summed E-state index contributed by atoms with van der Waals surface area (Å²) in [6.07, 6.45) is 6.55. The van der Waals surface area contributed by atoms with Crippen LogP contribution >= 0.6 is 0 Å². The molecule has 1 aliphatic rings. The molecule has 0 saturated heterocycles. The number of benzene rings is 1. The zero-order valence-corrected chi connectivity index (χ0v) is 13.1. The lowest BCUT2D eigenvalue weighted by Gasteiger charge is -2.22. The summed E-state index contributed by atoms with van der Waals surface area (Å²) in [7, 11) is 1.37. The Morgan fingerprint density at radius 1 is 1.18 bits per heavy atom. The minimum absolute atomic E-state index is 0.410. The molecule has 4 nitrogen and oxygen atoms in total. The molecule has 1 aromatic heterocycles. The Morgan fingerprint density at radius 3 is 2.50 bits per heavy atom. The molecule has 0 aliphatic heterocycles.